The lowest BCUT2D eigenvalue weighted by Gasteiger charge is -2.18. The van der Waals surface area contributed by atoms with Crippen molar-refractivity contribution in [1.82, 2.24) is 19.7 Å². The fraction of sp³-hybridized carbons (Fsp3) is 0.0714. The number of hydrogen-bond donors (Lipinski definition) is 1. The van der Waals surface area contributed by atoms with Gasteiger partial charge in [0.15, 0.2) is 11.0 Å². The van der Waals surface area contributed by atoms with Gasteiger partial charge in [0.05, 0.1) is 7.11 Å². The number of carbonyl (C=O) groups is 1. The number of halogens is 1. The number of rotatable bonds is 8. The van der Waals surface area contributed by atoms with Crippen molar-refractivity contribution in [2.45, 2.75) is 10.4 Å². The normalized spacial score (nSPS) is 11.6. The Bertz CT molecular complexity index is 1490. The summed E-state index contributed by atoms with van der Waals surface area (Å²) >= 11 is 7.48. The van der Waals surface area contributed by atoms with Crippen LogP contribution in [0.2, 0.25) is 5.02 Å². The van der Waals surface area contributed by atoms with E-state index in [1.807, 2.05) is 89.5 Å². The molecule has 2 aromatic heterocycles. The van der Waals surface area contributed by atoms with Crippen molar-refractivity contribution in [1.29, 1.82) is 0 Å². The Hall–Kier alpha value is -4.14. The number of anilines is 1. The molecule has 0 aliphatic rings. The third-order valence-corrected chi connectivity index (χ3v) is 7.01. The maximum absolute atomic E-state index is 13.6. The molecule has 0 fully saturated rings. The largest absolute Gasteiger partial charge is 0.497 e. The Morgan fingerprint density at radius 3 is 2.43 bits per heavy atom. The highest BCUT2D eigenvalue weighted by atomic mass is 35.5. The van der Waals surface area contributed by atoms with Gasteiger partial charge in [-0.25, -0.2) is 0 Å². The van der Waals surface area contributed by atoms with E-state index in [0.717, 1.165) is 16.8 Å². The van der Waals surface area contributed by atoms with Gasteiger partial charge in [0, 0.05) is 40.4 Å². The number of ether oxygens (including phenoxy) is 1. The molecule has 3 aromatic carbocycles. The van der Waals surface area contributed by atoms with Crippen LogP contribution in [-0.4, -0.2) is 32.8 Å². The second kappa shape index (κ2) is 11.3. The number of methoxy groups -OCH3 is 1. The van der Waals surface area contributed by atoms with Crippen LogP contribution in [0, 0.1) is 0 Å². The number of hydrogen-bond acceptors (Lipinski definition) is 6. The third-order valence-electron chi connectivity index (χ3n) is 5.56. The van der Waals surface area contributed by atoms with Crippen molar-refractivity contribution < 1.29 is 9.53 Å². The molecule has 0 spiro atoms. The van der Waals surface area contributed by atoms with Crippen molar-refractivity contribution in [2.24, 2.45) is 0 Å². The molecule has 9 heteroatoms. The highest BCUT2D eigenvalue weighted by molar-refractivity contribution is 8.00. The molecule has 1 N–H and O–H groups in total. The van der Waals surface area contributed by atoms with E-state index < -0.39 is 5.25 Å². The first-order valence-electron chi connectivity index (χ1n) is 11.4. The van der Waals surface area contributed by atoms with Crippen LogP contribution in [0.15, 0.2) is 109 Å². The number of amides is 1. The summed E-state index contributed by atoms with van der Waals surface area (Å²) in [6.07, 6.45) is 3.41. The lowest BCUT2D eigenvalue weighted by molar-refractivity contribution is -0.115. The third kappa shape index (κ3) is 5.66. The topological polar surface area (TPSA) is 81.9 Å². The maximum atomic E-state index is 13.6. The van der Waals surface area contributed by atoms with Gasteiger partial charge in [-0.05, 0) is 54.1 Å². The van der Waals surface area contributed by atoms with Crippen LogP contribution >= 0.6 is 23.4 Å². The molecule has 7 nitrogen and oxygen atoms in total. The van der Waals surface area contributed by atoms with Gasteiger partial charge in [0.1, 0.15) is 11.0 Å². The summed E-state index contributed by atoms with van der Waals surface area (Å²) in [5.41, 5.74) is 3.15. The van der Waals surface area contributed by atoms with Gasteiger partial charge in [-0.15, -0.1) is 10.2 Å². The first-order chi connectivity index (χ1) is 18.1. The molecule has 1 atom stereocenters. The second-order valence-corrected chi connectivity index (χ2v) is 9.49. The number of carbonyl (C=O) groups excluding carboxylic acids is 1. The van der Waals surface area contributed by atoms with Gasteiger partial charge in [-0.2, -0.15) is 0 Å². The molecule has 0 saturated heterocycles. The molecule has 37 heavy (non-hydrogen) atoms. The minimum Gasteiger partial charge on any atom is -0.497 e. The molecule has 5 aromatic rings. The van der Waals surface area contributed by atoms with E-state index in [0.29, 0.717) is 27.4 Å². The highest BCUT2D eigenvalue weighted by Crippen LogP contribution is 2.38. The average molecular weight is 528 g/mol. The minimum absolute atomic E-state index is 0.194. The molecular weight excluding hydrogens is 506 g/mol. The first-order valence-corrected chi connectivity index (χ1v) is 12.7. The van der Waals surface area contributed by atoms with Crippen molar-refractivity contribution in [2.75, 3.05) is 12.4 Å². The Morgan fingerprint density at radius 2 is 1.70 bits per heavy atom. The van der Waals surface area contributed by atoms with Gasteiger partial charge in [0.2, 0.25) is 5.91 Å². The van der Waals surface area contributed by atoms with Crippen molar-refractivity contribution >= 4 is 35.0 Å². The van der Waals surface area contributed by atoms with Crippen LogP contribution in [0.5, 0.6) is 5.75 Å². The first kappa shape index (κ1) is 24.5. The average Bonchev–Trinajstić information content (AvgIpc) is 3.36. The van der Waals surface area contributed by atoms with E-state index in [1.54, 1.807) is 25.6 Å². The summed E-state index contributed by atoms with van der Waals surface area (Å²) in [4.78, 5) is 17.7. The van der Waals surface area contributed by atoms with Crippen molar-refractivity contribution in [3.8, 4) is 22.8 Å². The lowest BCUT2D eigenvalue weighted by atomic mass is 10.1. The molecule has 2 heterocycles. The molecule has 1 amide bonds. The molecule has 0 aliphatic carbocycles. The fourth-order valence-corrected chi connectivity index (χ4v) is 4.95. The standard InChI is InChI=1S/C28H22ClN5O2S/c1-36-24-9-5-8-22(18-24)31-27(35)25(19-6-3-2-4-7-19)37-28-33-32-26(20-14-16-30-17-15-20)34(28)23-12-10-21(29)11-13-23/h2-18,25H,1H3,(H,31,35)/t25-/m1/s1. The van der Waals surface area contributed by atoms with Gasteiger partial charge in [-0.1, -0.05) is 59.8 Å². The molecule has 0 aliphatic heterocycles. The van der Waals surface area contributed by atoms with Crippen LogP contribution in [-0.2, 0) is 4.79 Å². The zero-order valence-corrected chi connectivity index (χ0v) is 21.4. The lowest BCUT2D eigenvalue weighted by Crippen LogP contribution is -2.19. The van der Waals surface area contributed by atoms with Gasteiger partial charge >= 0.3 is 0 Å². The SMILES string of the molecule is COc1cccc(NC(=O)[C@H](Sc2nnc(-c3ccncc3)n2-c2ccc(Cl)cc2)c2ccccc2)c1. The van der Waals surface area contributed by atoms with Crippen LogP contribution in [0.3, 0.4) is 0 Å². The number of pyridine rings is 1. The molecule has 0 saturated carbocycles. The number of aromatic nitrogens is 4. The van der Waals surface area contributed by atoms with Crippen LogP contribution in [0.25, 0.3) is 17.1 Å². The number of nitrogens with zero attached hydrogens (tertiary/aromatic N) is 4. The predicted octanol–water partition coefficient (Wildman–Crippen LogP) is 6.46. The van der Waals surface area contributed by atoms with Crippen LogP contribution in [0.1, 0.15) is 10.8 Å². The number of thioether (sulfide) groups is 1. The van der Waals surface area contributed by atoms with E-state index in [-0.39, 0.29) is 5.91 Å². The van der Waals surface area contributed by atoms with Crippen LogP contribution in [0.4, 0.5) is 5.69 Å². The molecular formula is C28H22ClN5O2S. The molecule has 0 bridgehead atoms. The Morgan fingerprint density at radius 1 is 0.946 bits per heavy atom. The van der Waals surface area contributed by atoms with Gasteiger partial charge in [0.25, 0.3) is 0 Å². The summed E-state index contributed by atoms with van der Waals surface area (Å²) in [7, 11) is 1.59. The van der Waals surface area contributed by atoms with E-state index in [4.69, 9.17) is 16.3 Å². The summed E-state index contributed by atoms with van der Waals surface area (Å²) < 4.78 is 7.22. The smallest absolute Gasteiger partial charge is 0.242 e. The van der Waals surface area contributed by atoms with Gasteiger partial charge in [-0.3, -0.25) is 14.3 Å². The highest BCUT2D eigenvalue weighted by Gasteiger charge is 2.27. The molecule has 5 rings (SSSR count). The number of benzene rings is 3. The Labute approximate surface area is 223 Å². The van der Waals surface area contributed by atoms with E-state index >= 15 is 0 Å². The van der Waals surface area contributed by atoms with E-state index in [9.17, 15) is 4.79 Å². The number of nitrogens with one attached hydrogen (secondary N) is 1. The molecule has 0 radical (unpaired) electrons. The van der Waals surface area contributed by atoms with Crippen molar-refractivity contribution in [3.05, 3.63) is 114 Å². The quantitative estimate of drug-likeness (QED) is 0.233. The maximum Gasteiger partial charge on any atom is 0.242 e. The summed E-state index contributed by atoms with van der Waals surface area (Å²) in [5, 5.41) is 12.6. The van der Waals surface area contributed by atoms with Crippen LogP contribution < -0.4 is 10.1 Å². The Kier molecular flexibility index (Phi) is 7.49. The summed E-state index contributed by atoms with van der Waals surface area (Å²) in [6, 6.07) is 28.0. The minimum atomic E-state index is -0.604. The second-order valence-electron chi connectivity index (χ2n) is 7.98. The van der Waals surface area contributed by atoms with E-state index in [1.165, 1.54) is 11.8 Å². The molecule has 0 unspecified atom stereocenters. The van der Waals surface area contributed by atoms with Gasteiger partial charge < -0.3 is 10.1 Å². The fourth-order valence-electron chi connectivity index (χ4n) is 3.77. The van der Waals surface area contributed by atoms with Crippen molar-refractivity contribution in [3.63, 3.8) is 0 Å². The zero-order chi connectivity index (χ0) is 25.6. The zero-order valence-electron chi connectivity index (χ0n) is 19.8. The Balaban J connectivity index is 1.55. The predicted molar refractivity (Wildman–Crippen MR) is 146 cm³/mol. The summed E-state index contributed by atoms with van der Waals surface area (Å²) in [5.74, 6) is 1.10. The molecule has 184 valence electrons. The summed E-state index contributed by atoms with van der Waals surface area (Å²) in [6.45, 7) is 0. The monoisotopic (exact) mass is 527 g/mol. The van der Waals surface area contributed by atoms with E-state index in [2.05, 4.69) is 20.5 Å².